The highest BCUT2D eigenvalue weighted by atomic mass is 35.5. The lowest BCUT2D eigenvalue weighted by atomic mass is 9.69. The molecule has 2 aromatic rings. The van der Waals surface area contributed by atoms with E-state index in [4.69, 9.17) is 11.6 Å². The Morgan fingerprint density at radius 2 is 1.75 bits per heavy atom. The molecule has 2 aromatic carbocycles. The monoisotopic (exact) mass is 394 g/mol. The number of fused-ring (bicyclic) bond motifs is 1. The maximum atomic E-state index is 13.0. The van der Waals surface area contributed by atoms with Crippen molar-refractivity contribution in [3.63, 3.8) is 0 Å². The quantitative estimate of drug-likeness (QED) is 0.585. The Balaban J connectivity index is 1.74. The van der Waals surface area contributed by atoms with Gasteiger partial charge in [0, 0.05) is 22.5 Å². The van der Waals surface area contributed by atoms with Gasteiger partial charge in [-0.2, -0.15) is 0 Å². The number of halogens is 1. The Morgan fingerprint density at radius 1 is 1.04 bits per heavy atom. The van der Waals surface area contributed by atoms with E-state index in [1.807, 2.05) is 55.5 Å². The number of rotatable bonds is 4. The van der Waals surface area contributed by atoms with Crippen molar-refractivity contribution in [2.75, 3.05) is 5.32 Å². The third kappa shape index (κ3) is 3.69. The normalized spacial score (nSPS) is 25.0. The Labute approximate surface area is 170 Å². The van der Waals surface area contributed by atoms with Crippen LogP contribution in [0.5, 0.6) is 0 Å². The van der Waals surface area contributed by atoms with Gasteiger partial charge in [-0.25, -0.2) is 0 Å². The molecule has 4 atom stereocenters. The van der Waals surface area contributed by atoms with Crippen molar-refractivity contribution in [3.8, 4) is 0 Å². The molecule has 4 rings (SSSR count). The lowest BCUT2D eigenvalue weighted by molar-refractivity contribution is -0.143. The fourth-order valence-electron chi connectivity index (χ4n) is 4.26. The van der Waals surface area contributed by atoms with E-state index < -0.39 is 0 Å². The summed E-state index contributed by atoms with van der Waals surface area (Å²) in [5.74, 6) is -1.01. The van der Waals surface area contributed by atoms with Crippen molar-refractivity contribution in [3.05, 3.63) is 76.8 Å². The number of benzene rings is 2. The standard InChI is InChI=1S/C23H23ClN2O2/c1-14-6-8-15(9-7-14)21(25-17-12-10-16(24)11-13-17)20-18-4-2-3-5-19(18)22(27)26-23(20)28/h2,4,6-13,18-21,25H,3,5H2,1H3,(H,26,27,28)/t18-,19?,20+,21+/m0/s1. The fourth-order valence-corrected chi connectivity index (χ4v) is 4.38. The van der Waals surface area contributed by atoms with Gasteiger partial charge < -0.3 is 5.32 Å². The lowest BCUT2D eigenvalue weighted by Crippen LogP contribution is -2.54. The van der Waals surface area contributed by atoms with Crippen LogP contribution in [0.2, 0.25) is 5.02 Å². The van der Waals surface area contributed by atoms with E-state index in [-0.39, 0.29) is 35.6 Å². The largest absolute Gasteiger partial charge is 0.377 e. The fraction of sp³-hybridized carbons (Fsp3) is 0.304. The smallest absolute Gasteiger partial charge is 0.232 e. The van der Waals surface area contributed by atoms with E-state index in [1.54, 1.807) is 0 Å². The predicted molar refractivity (Wildman–Crippen MR) is 111 cm³/mol. The number of piperidine rings is 1. The highest BCUT2D eigenvalue weighted by Gasteiger charge is 2.46. The number of allylic oxidation sites excluding steroid dienone is 2. The van der Waals surface area contributed by atoms with Crippen molar-refractivity contribution in [1.82, 2.24) is 5.32 Å². The number of nitrogens with one attached hydrogen (secondary N) is 2. The second kappa shape index (κ2) is 7.80. The Bertz CT molecular complexity index is 905. The first kappa shape index (κ1) is 18.8. The number of anilines is 1. The topological polar surface area (TPSA) is 58.2 Å². The number of aryl methyl sites for hydroxylation is 1. The summed E-state index contributed by atoms with van der Waals surface area (Å²) >= 11 is 6.02. The van der Waals surface area contributed by atoms with E-state index >= 15 is 0 Å². The van der Waals surface area contributed by atoms with Crippen LogP contribution < -0.4 is 10.6 Å². The summed E-state index contributed by atoms with van der Waals surface area (Å²) < 4.78 is 0. The van der Waals surface area contributed by atoms with Gasteiger partial charge in [-0.3, -0.25) is 14.9 Å². The molecule has 2 aliphatic rings. The van der Waals surface area contributed by atoms with Crippen LogP contribution in [-0.4, -0.2) is 11.8 Å². The molecule has 144 valence electrons. The van der Waals surface area contributed by atoms with Crippen molar-refractivity contribution in [2.24, 2.45) is 17.8 Å². The van der Waals surface area contributed by atoms with Gasteiger partial charge in [0.1, 0.15) is 0 Å². The lowest BCUT2D eigenvalue weighted by Gasteiger charge is -2.41. The van der Waals surface area contributed by atoms with Crippen LogP contribution in [0.15, 0.2) is 60.7 Å². The van der Waals surface area contributed by atoms with Crippen molar-refractivity contribution in [1.29, 1.82) is 0 Å². The Hall–Kier alpha value is -2.59. The second-order valence-electron chi connectivity index (χ2n) is 7.61. The van der Waals surface area contributed by atoms with Gasteiger partial charge in [0.25, 0.3) is 0 Å². The Morgan fingerprint density at radius 3 is 2.46 bits per heavy atom. The number of hydrogen-bond donors (Lipinski definition) is 2. The molecule has 5 heteroatoms. The summed E-state index contributed by atoms with van der Waals surface area (Å²) in [6, 6.07) is 15.4. The van der Waals surface area contributed by atoms with E-state index in [2.05, 4.69) is 22.8 Å². The first-order valence-electron chi connectivity index (χ1n) is 9.63. The van der Waals surface area contributed by atoms with Crippen LogP contribution >= 0.6 is 11.6 Å². The summed E-state index contributed by atoms with van der Waals surface area (Å²) in [5, 5.41) is 6.80. The molecular formula is C23H23ClN2O2. The van der Waals surface area contributed by atoms with Crippen molar-refractivity contribution >= 4 is 29.1 Å². The minimum atomic E-state index is -0.377. The molecule has 0 spiro atoms. The third-order valence-corrected chi connectivity index (χ3v) is 5.98. The highest BCUT2D eigenvalue weighted by Crippen LogP contribution is 2.42. The van der Waals surface area contributed by atoms with Crippen LogP contribution in [0.4, 0.5) is 5.69 Å². The maximum Gasteiger partial charge on any atom is 0.232 e. The van der Waals surface area contributed by atoms with Gasteiger partial charge in [-0.05, 0) is 49.6 Å². The molecular weight excluding hydrogens is 372 g/mol. The molecule has 1 unspecified atom stereocenters. The predicted octanol–water partition coefficient (Wildman–Crippen LogP) is 4.66. The molecule has 1 fully saturated rings. The number of amides is 2. The summed E-state index contributed by atoms with van der Waals surface area (Å²) in [6.45, 7) is 2.04. The summed E-state index contributed by atoms with van der Waals surface area (Å²) in [7, 11) is 0. The van der Waals surface area contributed by atoms with Crippen molar-refractivity contribution in [2.45, 2.75) is 25.8 Å². The van der Waals surface area contributed by atoms with E-state index in [9.17, 15) is 9.59 Å². The van der Waals surface area contributed by atoms with Gasteiger partial charge in [0.05, 0.1) is 12.0 Å². The SMILES string of the molecule is Cc1ccc([C@@H](Nc2ccc(Cl)cc2)[C@@H]2C(=O)NC(=O)C3CCC=C[C@@H]32)cc1. The number of hydrogen-bond acceptors (Lipinski definition) is 3. The second-order valence-corrected chi connectivity index (χ2v) is 8.04. The summed E-state index contributed by atoms with van der Waals surface area (Å²) in [5.41, 5.74) is 3.07. The summed E-state index contributed by atoms with van der Waals surface area (Å²) in [6.07, 6.45) is 5.79. The van der Waals surface area contributed by atoms with Crippen LogP contribution in [0.3, 0.4) is 0 Å². The maximum absolute atomic E-state index is 13.0. The Kier molecular flexibility index (Phi) is 5.23. The third-order valence-electron chi connectivity index (χ3n) is 5.73. The molecule has 0 saturated carbocycles. The zero-order chi connectivity index (χ0) is 19.7. The minimum Gasteiger partial charge on any atom is -0.377 e. The van der Waals surface area contributed by atoms with Crippen LogP contribution in [0, 0.1) is 24.7 Å². The molecule has 0 aromatic heterocycles. The molecule has 2 amide bonds. The number of carbonyl (C=O) groups excluding carboxylic acids is 2. The molecule has 4 nitrogen and oxygen atoms in total. The molecule has 0 radical (unpaired) electrons. The number of imide groups is 1. The molecule has 2 N–H and O–H groups in total. The van der Waals surface area contributed by atoms with Crippen LogP contribution in [0.25, 0.3) is 0 Å². The first-order chi connectivity index (χ1) is 13.5. The highest BCUT2D eigenvalue weighted by molar-refractivity contribution is 6.30. The first-order valence-corrected chi connectivity index (χ1v) is 10.0. The van der Waals surface area contributed by atoms with Gasteiger partial charge in [0.15, 0.2) is 0 Å². The van der Waals surface area contributed by atoms with Crippen LogP contribution in [0.1, 0.15) is 30.0 Å². The molecule has 0 bridgehead atoms. The van der Waals surface area contributed by atoms with Gasteiger partial charge in [-0.1, -0.05) is 53.6 Å². The van der Waals surface area contributed by atoms with Crippen molar-refractivity contribution < 1.29 is 9.59 Å². The molecule has 1 aliphatic heterocycles. The molecule has 1 aliphatic carbocycles. The van der Waals surface area contributed by atoms with Gasteiger partial charge >= 0.3 is 0 Å². The zero-order valence-corrected chi connectivity index (χ0v) is 16.4. The van der Waals surface area contributed by atoms with Gasteiger partial charge in [0.2, 0.25) is 11.8 Å². The van der Waals surface area contributed by atoms with Crippen LogP contribution in [-0.2, 0) is 9.59 Å². The van der Waals surface area contributed by atoms with E-state index in [1.165, 1.54) is 0 Å². The molecule has 1 heterocycles. The summed E-state index contributed by atoms with van der Waals surface area (Å²) in [4.78, 5) is 25.3. The van der Waals surface area contributed by atoms with Gasteiger partial charge in [-0.15, -0.1) is 0 Å². The molecule has 1 saturated heterocycles. The average Bonchev–Trinajstić information content (AvgIpc) is 2.69. The van der Waals surface area contributed by atoms with E-state index in [0.29, 0.717) is 5.02 Å². The molecule has 28 heavy (non-hydrogen) atoms. The zero-order valence-electron chi connectivity index (χ0n) is 15.7. The minimum absolute atomic E-state index is 0.110. The average molecular weight is 395 g/mol. The van der Waals surface area contributed by atoms with E-state index in [0.717, 1.165) is 29.7 Å². The number of carbonyl (C=O) groups is 2.